The van der Waals surface area contributed by atoms with Gasteiger partial charge in [-0.2, -0.15) is 0 Å². The Balaban J connectivity index is -0.0000000104. The van der Waals surface area contributed by atoms with Crippen LogP contribution in [0.1, 0.15) is 2.85 Å². The predicted octanol–water partition coefficient (Wildman–Crippen LogP) is -6.23. The van der Waals surface area contributed by atoms with Crippen molar-refractivity contribution >= 4 is 57.8 Å². The van der Waals surface area contributed by atoms with E-state index >= 15 is 0 Å². The molecule has 15 heavy (non-hydrogen) atoms. The fraction of sp³-hybridized carbons (Fsp3) is 0. The molecular weight excluding hydrogens is 366 g/mol. The molecule has 15 heteroatoms. The molecule has 0 aliphatic carbocycles. The summed E-state index contributed by atoms with van der Waals surface area (Å²) in [7, 11) is 0. The van der Waals surface area contributed by atoms with Crippen LogP contribution in [0.4, 0.5) is 0 Å². The maximum absolute atomic E-state index is 8.81. The van der Waals surface area contributed by atoms with Crippen molar-refractivity contribution in [2.24, 2.45) is 0 Å². The van der Waals surface area contributed by atoms with E-state index in [9.17, 15) is 0 Å². The Hall–Kier alpha value is 3.13. The van der Waals surface area contributed by atoms with Crippen molar-refractivity contribution in [3.05, 3.63) is 0 Å². The zero-order valence-corrected chi connectivity index (χ0v) is 12.2. The van der Waals surface area contributed by atoms with Gasteiger partial charge in [0.25, 0.3) is 0 Å². The molecule has 0 bridgehead atoms. The molecule has 0 aromatic heterocycles. The number of hydrogen-bond donors (Lipinski definition) is 6. The van der Waals surface area contributed by atoms with Gasteiger partial charge >= 0.3 is 111 Å². The van der Waals surface area contributed by atoms with E-state index in [0.717, 1.165) is 0 Å². The van der Waals surface area contributed by atoms with Gasteiger partial charge in [-0.1, -0.05) is 0 Å². The Labute approximate surface area is 146 Å². The van der Waals surface area contributed by atoms with Crippen molar-refractivity contribution in [2.45, 2.75) is 0 Å². The monoisotopic (exact) mass is 380 g/mol. The average molecular weight is 380 g/mol. The third-order valence-corrected chi connectivity index (χ3v) is 0. The van der Waals surface area contributed by atoms with E-state index in [0.29, 0.717) is 0 Å². The van der Waals surface area contributed by atoms with E-state index in [1.807, 2.05) is 0 Å². The first kappa shape index (κ1) is 36.2. The van der Waals surface area contributed by atoms with Crippen LogP contribution in [0.25, 0.3) is 0 Å². The van der Waals surface area contributed by atoms with Crippen LogP contribution in [0.5, 0.6) is 0 Å². The molecule has 0 aromatic carbocycles. The summed E-state index contributed by atoms with van der Waals surface area (Å²) >= 11 is -10.8. The topological polar surface area (TPSA) is 173 Å². The normalized spacial score (nSPS) is 5.20. The van der Waals surface area contributed by atoms with Gasteiger partial charge in [0.1, 0.15) is 0 Å². The van der Waals surface area contributed by atoms with Gasteiger partial charge in [-0.05, 0) is 0 Å². The quantitative estimate of drug-likeness (QED) is 0.224. The molecule has 0 aromatic rings. The molecule has 0 aliphatic rings. The molecule has 6 N–H and O–H groups in total. The van der Waals surface area contributed by atoms with Crippen LogP contribution in [0.3, 0.4) is 0 Å². The molecule has 9 nitrogen and oxygen atoms in total. The molecule has 0 amide bonds. The molecule has 0 radical (unpaired) electrons. The summed E-state index contributed by atoms with van der Waals surface area (Å²) in [6.45, 7) is 0. The van der Waals surface area contributed by atoms with Gasteiger partial charge in [0.2, 0.25) is 0 Å². The molecule has 88 valence electrons. The van der Waals surface area contributed by atoms with E-state index < -0.39 is 55.8 Å². The third-order valence-electron chi connectivity index (χ3n) is 0. The second-order valence-corrected chi connectivity index (χ2v) is 3.50. The SMILES string of the molecule is [AlH3].[AlH3].[H-].[H-].[Mg+2].[O]=[Ti]([OH])[OH].[O]=[Ti]([OH])[OH].[O]=[Ti]([OH])[OH]. The summed E-state index contributed by atoms with van der Waals surface area (Å²) in [6.07, 6.45) is 0. The second-order valence-electron chi connectivity index (χ2n) is 0.848. The molecule has 0 unspecified atom stereocenters. The molecule has 0 atom stereocenters. The summed E-state index contributed by atoms with van der Waals surface area (Å²) in [6, 6.07) is 0. The first-order valence-electron chi connectivity index (χ1n) is 1.95. The Kier molecular flexibility index (Phi) is 73.0. The molecule has 0 aliphatic heterocycles. The Morgan fingerprint density at radius 2 is 0.600 bits per heavy atom. The fourth-order valence-corrected chi connectivity index (χ4v) is 0. The molecule has 0 heterocycles. The van der Waals surface area contributed by atoms with Crippen molar-refractivity contribution in [3.63, 3.8) is 0 Å². The molecule has 0 saturated heterocycles. The van der Waals surface area contributed by atoms with Crippen molar-refractivity contribution in [1.29, 1.82) is 0 Å². The van der Waals surface area contributed by atoms with Crippen LogP contribution in [0.15, 0.2) is 0 Å². The van der Waals surface area contributed by atoms with E-state index in [4.69, 9.17) is 32.1 Å². The van der Waals surface area contributed by atoms with Crippen LogP contribution in [-0.2, 0) is 65.8 Å². The van der Waals surface area contributed by atoms with E-state index in [1.54, 1.807) is 0 Å². The van der Waals surface area contributed by atoms with Crippen molar-refractivity contribution in [2.75, 3.05) is 0 Å². The Morgan fingerprint density at radius 1 is 0.600 bits per heavy atom. The Morgan fingerprint density at radius 3 is 0.600 bits per heavy atom. The summed E-state index contributed by atoms with van der Waals surface area (Å²) in [5.41, 5.74) is 0. The van der Waals surface area contributed by atoms with Gasteiger partial charge in [-0.25, -0.2) is 0 Å². The molecule has 0 spiro atoms. The van der Waals surface area contributed by atoms with E-state index in [2.05, 4.69) is 0 Å². The van der Waals surface area contributed by atoms with Crippen LogP contribution in [0.2, 0.25) is 0 Å². The standard InChI is InChI=1S/2Al.Mg.6H2O.3O.3Ti.8H/h;;;6*1H2;;;;;;;;;;;;;;/q;;+2;;;;;;;;;;3*+2;;;;;;;2*-1/p-6. The average Bonchev–Trinajstić information content (AvgIpc) is 1.54. The van der Waals surface area contributed by atoms with Crippen molar-refractivity contribution in [1.82, 2.24) is 0 Å². The van der Waals surface area contributed by atoms with Gasteiger partial charge in [0.05, 0.1) is 0 Å². The summed E-state index contributed by atoms with van der Waals surface area (Å²) < 4.78 is 69.8. The van der Waals surface area contributed by atoms with Crippen LogP contribution in [-0.4, -0.2) is 79.9 Å². The van der Waals surface area contributed by atoms with Gasteiger partial charge in [0.15, 0.2) is 34.7 Å². The Bertz CT molecular complexity index is 130. The summed E-state index contributed by atoms with van der Waals surface area (Å²) in [5, 5.41) is 0. The first-order chi connectivity index (χ1) is 5.20. The number of hydrogen-bond acceptors (Lipinski definition) is 3. The molecule has 0 rings (SSSR count). The molecule has 0 saturated carbocycles. The fourth-order valence-electron chi connectivity index (χ4n) is 0. The zero-order valence-electron chi connectivity index (χ0n) is 8.12. The predicted molar refractivity (Wildman–Crippen MR) is 43.2 cm³/mol. The maximum atomic E-state index is 8.81. The van der Waals surface area contributed by atoms with Crippen molar-refractivity contribution in [3.8, 4) is 0 Å². The van der Waals surface area contributed by atoms with Crippen LogP contribution < -0.4 is 0 Å². The van der Waals surface area contributed by atoms with Gasteiger partial charge in [0, 0.05) is 0 Å². The summed E-state index contributed by atoms with van der Waals surface area (Å²) in [5.74, 6) is 0. The zero-order chi connectivity index (χ0) is 10.7. The van der Waals surface area contributed by atoms with Crippen molar-refractivity contribution < 1.29 is 90.8 Å². The molecule has 0 fully saturated rings. The van der Waals surface area contributed by atoms with E-state index in [1.165, 1.54) is 0 Å². The van der Waals surface area contributed by atoms with Crippen LogP contribution in [0, 0.1) is 0 Å². The third kappa shape index (κ3) is 400. The second kappa shape index (κ2) is 30.3. The van der Waals surface area contributed by atoms with Crippen LogP contribution >= 0.6 is 0 Å². The van der Waals surface area contributed by atoms with Gasteiger partial charge in [-0.3, -0.25) is 0 Å². The van der Waals surface area contributed by atoms with Gasteiger partial charge < -0.3 is 2.85 Å². The minimum atomic E-state index is -3.58. The minimum absolute atomic E-state index is 0. The molecular formula is H14Al2MgO9Ti3. The number of rotatable bonds is 0. The van der Waals surface area contributed by atoms with Gasteiger partial charge in [-0.15, -0.1) is 0 Å². The summed E-state index contributed by atoms with van der Waals surface area (Å²) in [4.78, 5) is 0. The first-order valence-corrected chi connectivity index (χ1v) is 8.06. The van der Waals surface area contributed by atoms with E-state index in [-0.39, 0.29) is 60.6 Å².